The first-order valence-electron chi connectivity index (χ1n) is 5.38. The Bertz CT molecular complexity index is 520. The number of nitrogens with zero attached hydrogens (tertiary/aromatic N) is 1. The fourth-order valence-electron chi connectivity index (χ4n) is 1.95. The Labute approximate surface area is 103 Å². The number of carbonyl (C=O) groups is 1. The summed E-state index contributed by atoms with van der Waals surface area (Å²) in [5.41, 5.74) is 0. The number of hydrogen-bond donors (Lipinski definition) is 1. The minimum Gasteiger partial charge on any atom is -0.477 e. The van der Waals surface area contributed by atoms with Crippen LogP contribution in [0.2, 0.25) is 0 Å². The van der Waals surface area contributed by atoms with E-state index in [1.807, 2.05) is 0 Å². The van der Waals surface area contributed by atoms with Crippen molar-refractivity contribution in [3.8, 4) is 0 Å². The molecule has 1 saturated heterocycles. The van der Waals surface area contributed by atoms with E-state index in [9.17, 15) is 13.2 Å². The highest BCUT2D eigenvalue weighted by molar-refractivity contribution is 7.92. The van der Waals surface area contributed by atoms with Gasteiger partial charge in [-0.05, 0) is 12.8 Å². The number of carboxylic acids is 1. The first kappa shape index (κ1) is 12.5. The van der Waals surface area contributed by atoms with E-state index >= 15 is 0 Å². The van der Waals surface area contributed by atoms with Crippen LogP contribution in [0.5, 0.6) is 0 Å². The van der Waals surface area contributed by atoms with Crippen LogP contribution in [0.3, 0.4) is 0 Å². The van der Waals surface area contributed by atoms with Crippen molar-refractivity contribution in [1.82, 2.24) is 4.98 Å². The second-order valence-electron chi connectivity index (χ2n) is 4.11. The van der Waals surface area contributed by atoms with E-state index in [0.717, 1.165) is 24.2 Å². The predicted octanol–water partition coefficient (Wildman–Crippen LogP) is 1.35. The number of hydrogen-bond acceptors (Lipinski definition) is 5. The van der Waals surface area contributed by atoms with Crippen LogP contribution in [0, 0.1) is 0 Å². The smallest absolute Gasteiger partial charge is 0.347 e. The van der Waals surface area contributed by atoms with Crippen molar-refractivity contribution in [2.45, 2.75) is 30.9 Å². The fourth-order valence-corrected chi connectivity index (χ4v) is 4.77. The molecule has 5 nitrogen and oxygen atoms in total. The summed E-state index contributed by atoms with van der Waals surface area (Å²) in [6.07, 6.45) is 3.94. The molecule has 0 spiro atoms. The first-order valence-corrected chi connectivity index (χ1v) is 7.92. The van der Waals surface area contributed by atoms with Gasteiger partial charge in [-0.15, -0.1) is 11.3 Å². The lowest BCUT2D eigenvalue weighted by atomic mass is 10.1. The molecule has 17 heavy (non-hydrogen) atoms. The third-order valence-corrected chi connectivity index (χ3v) is 6.16. The fraction of sp³-hybridized carbons (Fsp3) is 0.600. The number of thiazole rings is 1. The first-order chi connectivity index (χ1) is 7.99. The number of rotatable bonds is 3. The maximum Gasteiger partial charge on any atom is 0.347 e. The summed E-state index contributed by atoms with van der Waals surface area (Å²) in [5, 5.41) is 8.97. The Morgan fingerprint density at radius 3 is 2.88 bits per heavy atom. The molecule has 0 aromatic carbocycles. The van der Waals surface area contributed by atoms with Gasteiger partial charge in [-0.1, -0.05) is 6.42 Å². The molecule has 1 aliphatic rings. The topological polar surface area (TPSA) is 84.3 Å². The van der Waals surface area contributed by atoms with Crippen LogP contribution < -0.4 is 0 Å². The van der Waals surface area contributed by atoms with Gasteiger partial charge in [0.15, 0.2) is 9.84 Å². The van der Waals surface area contributed by atoms with Crippen LogP contribution in [0.15, 0.2) is 6.20 Å². The molecule has 2 rings (SSSR count). The molecular formula is C10H13NO4S2. The molecule has 1 N–H and O–H groups in total. The third-order valence-electron chi connectivity index (χ3n) is 2.88. The van der Waals surface area contributed by atoms with Gasteiger partial charge in [0.2, 0.25) is 0 Å². The molecule has 2 heterocycles. The molecule has 0 saturated carbocycles. The van der Waals surface area contributed by atoms with Gasteiger partial charge >= 0.3 is 5.97 Å². The standard InChI is InChI=1S/C10H13NO4S2/c12-10(13)8-6-11-9(16-8)5-7-3-1-2-4-17(7,14)15/h6-7H,1-5H2,(H,12,13). The molecule has 94 valence electrons. The molecule has 1 aromatic rings. The second kappa shape index (κ2) is 4.73. The van der Waals surface area contributed by atoms with E-state index < -0.39 is 15.8 Å². The zero-order valence-electron chi connectivity index (χ0n) is 9.13. The average molecular weight is 275 g/mol. The van der Waals surface area contributed by atoms with E-state index in [0.29, 0.717) is 17.8 Å². The minimum atomic E-state index is -3.01. The van der Waals surface area contributed by atoms with E-state index in [4.69, 9.17) is 5.11 Å². The highest BCUT2D eigenvalue weighted by Gasteiger charge is 2.29. The Morgan fingerprint density at radius 2 is 2.29 bits per heavy atom. The number of aromatic carboxylic acids is 1. The SMILES string of the molecule is O=C(O)c1cnc(CC2CCCCS2(=O)=O)s1. The normalized spacial score (nSPS) is 23.4. The monoisotopic (exact) mass is 275 g/mol. The quantitative estimate of drug-likeness (QED) is 0.900. The van der Waals surface area contributed by atoms with Crippen LogP contribution >= 0.6 is 11.3 Å². The van der Waals surface area contributed by atoms with Crippen molar-refractivity contribution in [3.05, 3.63) is 16.1 Å². The Balaban J connectivity index is 2.11. The van der Waals surface area contributed by atoms with Crippen LogP contribution in [0.25, 0.3) is 0 Å². The van der Waals surface area contributed by atoms with Crippen LogP contribution in [0.1, 0.15) is 33.9 Å². The summed E-state index contributed by atoms with van der Waals surface area (Å²) in [6, 6.07) is 0. The summed E-state index contributed by atoms with van der Waals surface area (Å²) in [4.78, 5) is 14.8. The summed E-state index contributed by atoms with van der Waals surface area (Å²) >= 11 is 1.06. The molecule has 1 aromatic heterocycles. The van der Waals surface area contributed by atoms with Gasteiger partial charge in [0.1, 0.15) is 4.88 Å². The van der Waals surface area contributed by atoms with Crippen LogP contribution in [0.4, 0.5) is 0 Å². The van der Waals surface area contributed by atoms with Gasteiger partial charge in [-0.2, -0.15) is 0 Å². The van der Waals surface area contributed by atoms with Gasteiger partial charge in [-0.3, -0.25) is 0 Å². The van der Waals surface area contributed by atoms with Crippen LogP contribution in [-0.2, 0) is 16.3 Å². The predicted molar refractivity (Wildman–Crippen MR) is 64.2 cm³/mol. The molecule has 0 aliphatic carbocycles. The minimum absolute atomic E-state index is 0.160. The molecule has 7 heteroatoms. The lowest BCUT2D eigenvalue weighted by molar-refractivity contribution is 0.0702. The number of sulfone groups is 1. The largest absolute Gasteiger partial charge is 0.477 e. The molecule has 1 atom stereocenters. The Kier molecular flexibility index (Phi) is 3.48. The lowest BCUT2D eigenvalue weighted by Crippen LogP contribution is -2.30. The maximum absolute atomic E-state index is 11.8. The zero-order valence-corrected chi connectivity index (χ0v) is 10.8. The summed E-state index contributed by atoms with van der Waals surface area (Å²) in [6.45, 7) is 0. The molecule has 0 bridgehead atoms. The molecule has 1 aliphatic heterocycles. The third kappa shape index (κ3) is 2.84. The average Bonchev–Trinajstić information content (AvgIpc) is 2.70. The summed E-state index contributed by atoms with van der Waals surface area (Å²) in [5.74, 6) is -0.769. The lowest BCUT2D eigenvalue weighted by Gasteiger charge is -2.20. The molecule has 1 unspecified atom stereocenters. The second-order valence-corrected chi connectivity index (χ2v) is 7.63. The Hall–Kier alpha value is -0.950. The van der Waals surface area contributed by atoms with E-state index in [-0.39, 0.29) is 15.9 Å². The van der Waals surface area contributed by atoms with Crippen molar-refractivity contribution in [3.63, 3.8) is 0 Å². The van der Waals surface area contributed by atoms with Gasteiger partial charge in [0.05, 0.1) is 22.2 Å². The molecular weight excluding hydrogens is 262 g/mol. The van der Waals surface area contributed by atoms with E-state index in [2.05, 4.69) is 4.98 Å². The van der Waals surface area contributed by atoms with Gasteiger partial charge in [0, 0.05) is 6.42 Å². The van der Waals surface area contributed by atoms with Gasteiger partial charge in [-0.25, -0.2) is 18.2 Å². The zero-order chi connectivity index (χ0) is 12.5. The van der Waals surface area contributed by atoms with Gasteiger partial charge < -0.3 is 5.11 Å². The van der Waals surface area contributed by atoms with Gasteiger partial charge in [0.25, 0.3) is 0 Å². The highest BCUT2D eigenvalue weighted by atomic mass is 32.2. The Morgan fingerprint density at radius 1 is 1.53 bits per heavy atom. The van der Waals surface area contributed by atoms with E-state index in [1.54, 1.807) is 0 Å². The number of aromatic nitrogens is 1. The van der Waals surface area contributed by atoms with Crippen molar-refractivity contribution < 1.29 is 18.3 Å². The molecule has 0 amide bonds. The van der Waals surface area contributed by atoms with Crippen molar-refractivity contribution >= 4 is 27.1 Å². The maximum atomic E-state index is 11.8. The molecule has 1 fully saturated rings. The van der Waals surface area contributed by atoms with E-state index in [1.165, 1.54) is 6.20 Å². The highest BCUT2D eigenvalue weighted by Crippen LogP contribution is 2.24. The van der Waals surface area contributed by atoms with Crippen LogP contribution in [-0.4, -0.2) is 35.5 Å². The molecule has 0 radical (unpaired) electrons. The van der Waals surface area contributed by atoms with Crippen molar-refractivity contribution in [1.29, 1.82) is 0 Å². The number of carboxylic acid groups (broad SMARTS) is 1. The summed E-state index contributed by atoms with van der Waals surface area (Å²) in [7, 11) is -3.01. The summed E-state index contributed by atoms with van der Waals surface area (Å²) < 4.78 is 23.6. The van der Waals surface area contributed by atoms with Crippen molar-refractivity contribution in [2.75, 3.05) is 5.75 Å². The van der Waals surface area contributed by atoms with Crippen molar-refractivity contribution in [2.24, 2.45) is 0 Å².